The maximum absolute atomic E-state index is 5.48. The fraction of sp³-hybridized carbons (Fsp3) is 0.333. The molecule has 8 heavy (non-hydrogen) atoms. The van der Waals surface area contributed by atoms with Crippen molar-refractivity contribution in [3.8, 4) is 0 Å². The zero-order valence-corrected chi connectivity index (χ0v) is 5.93. The molecule has 0 saturated carbocycles. The van der Waals surface area contributed by atoms with E-state index in [1.165, 1.54) is 5.56 Å². The van der Waals surface area contributed by atoms with Crippen LogP contribution in [-0.4, -0.2) is 5.88 Å². The molecular weight excluding hydrogens is 140 g/mol. The topological polar surface area (TPSA) is 0 Å². The first-order valence-corrected chi connectivity index (χ1v) is 3.85. The minimum atomic E-state index is 0.702. The molecule has 0 atom stereocenters. The molecule has 0 aliphatic heterocycles. The fourth-order valence-electron chi connectivity index (χ4n) is 0.496. The van der Waals surface area contributed by atoms with Gasteiger partial charge < -0.3 is 0 Å². The van der Waals surface area contributed by atoms with Crippen molar-refractivity contribution in [1.82, 2.24) is 0 Å². The summed E-state index contributed by atoms with van der Waals surface area (Å²) < 4.78 is 0. The van der Waals surface area contributed by atoms with Crippen molar-refractivity contribution in [1.29, 1.82) is 0 Å². The first-order valence-electron chi connectivity index (χ1n) is 2.43. The van der Waals surface area contributed by atoms with E-state index in [1.807, 2.05) is 11.4 Å². The van der Waals surface area contributed by atoms with Crippen molar-refractivity contribution in [2.45, 2.75) is 6.42 Å². The molecule has 0 spiro atoms. The second-order valence-electron chi connectivity index (χ2n) is 1.49. The lowest BCUT2D eigenvalue weighted by Gasteiger charge is -1.83. The molecule has 2 heteroatoms. The third-order valence-electron chi connectivity index (χ3n) is 0.891. The molecule has 1 radical (unpaired) electrons. The molecule has 0 N–H and O–H groups in total. The Bertz CT molecular complexity index is 134. The van der Waals surface area contributed by atoms with Crippen LogP contribution in [0, 0.1) is 5.38 Å². The number of aryl methyl sites for hydroxylation is 1. The fourth-order valence-corrected chi connectivity index (χ4v) is 1.32. The SMILES string of the molecule is ClCCc1[c]scc1. The van der Waals surface area contributed by atoms with Gasteiger partial charge in [-0.05, 0) is 23.4 Å². The Morgan fingerprint density at radius 1 is 1.75 bits per heavy atom. The van der Waals surface area contributed by atoms with E-state index >= 15 is 0 Å². The highest BCUT2D eigenvalue weighted by Crippen LogP contribution is 2.05. The number of thiophene rings is 1. The van der Waals surface area contributed by atoms with E-state index < -0.39 is 0 Å². The van der Waals surface area contributed by atoms with Crippen LogP contribution in [0.3, 0.4) is 0 Å². The maximum atomic E-state index is 5.48. The lowest BCUT2D eigenvalue weighted by atomic mass is 10.3. The Morgan fingerprint density at radius 3 is 3.12 bits per heavy atom. The first-order chi connectivity index (χ1) is 3.93. The van der Waals surface area contributed by atoms with Gasteiger partial charge in [0.15, 0.2) is 0 Å². The van der Waals surface area contributed by atoms with E-state index in [0.29, 0.717) is 5.88 Å². The van der Waals surface area contributed by atoms with E-state index in [2.05, 4.69) is 5.38 Å². The van der Waals surface area contributed by atoms with E-state index in [4.69, 9.17) is 11.6 Å². The molecule has 0 aliphatic rings. The minimum absolute atomic E-state index is 0.702. The van der Waals surface area contributed by atoms with Gasteiger partial charge in [0, 0.05) is 11.3 Å². The van der Waals surface area contributed by atoms with Crippen LogP contribution in [0.2, 0.25) is 0 Å². The molecule has 0 saturated heterocycles. The van der Waals surface area contributed by atoms with Gasteiger partial charge in [-0.3, -0.25) is 0 Å². The summed E-state index contributed by atoms with van der Waals surface area (Å²) in [5.74, 6) is 0.702. The van der Waals surface area contributed by atoms with Crippen molar-refractivity contribution >= 4 is 22.9 Å². The van der Waals surface area contributed by atoms with Gasteiger partial charge in [-0.1, -0.05) is 0 Å². The molecule has 0 nitrogen and oxygen atoms in total. The molecule has 1 aromatic rings. The molecule has 43 valence electrons. The molecule has 1 heterocycles. The summed E-state index contributed by atoms with van der Waals surface area (Å²) in [5.41, 5.74) is 1.23. The lowest BCUT2D eigenvalue weighted by Crippen LogP contribution is -1.79. The number of halogens is 1. The summed E-state index contributed by atoms with van der Waals surface area (Å²) in [7, 11) is 0. The quantitative estimate of drug-likeness (QED) is 0.561. The summed E-state index contributed by atoms with van der Waals surface area (Å²) in [4.78, 5) is 0. The van der Waals surface area contributed by atoms with Crippen molar-refractivity contribution < 1.29 is 0 Å². The highest BCUT2D eigenvalue weighted by molar-refractivity contribution is 7.07. The van der Waals surface area contributed by atoms with Crippen LogP contribution in [0.1, 0.15) is 5.56 Å². The molecule has 0 amide bonds. The Labute approximate surface area is 58.1 Å². The molecule has 0 aliphatic carbocycles. The van der Waals surface area contributed by atoms with Crippen molar-refractivity contribution in [2.75, 3.05) is 5.88 Å². The van der Waals surface area contributed by atoms with Crippen LogP contribution < -0.4 is 0 Å². The van der Waals surface area contributed by atoms with E-state index in [-0.39, 0.29) is 0 Å². The van der Waals surface area contributed by atoms with Gasteiger partial charge >= 0.3 is 0 Å². The molecule has 0 aromatic carbocycles. The average molecular weight is 146 g/mol. The molecule has 0 fully saturated rings. The summed E-state index contributed by atoms with van der Waals surface area (Å²) >= 11 is 7.07. The van der Waals surface area contributed by atoms with E-state index in [9.17, 15) is 0 Å². The Morgan fingerprint density at radius 2 is 2.62 bits per heavy atom. The predicted octanol–water partition coefficient (Wildman–Crippen LogP) is 2.33. The standard InChI is InChI=1S/C6H6ClS/c7-3-1-6-2-4-8-5-6/h2,4H,1,3H2. The third kappa shape index (κ3) is 1.49. The second-order valence-corrected chi connectivity index (χ2v) is 2.58. The number of hydrogen-bond acceptors (Lipinski definition) is 1. The van der Waals surface area contributed by atoms with Crippen LogP contribution in [0.5, 0.6) is 0 Å². The van der Waals surface area contributed by atoms with Crippen LogP contribution in [-0.2, 0) is 6.42 Å². The van der Waals surface area contributed by atoms with Crippen molar-refractivity contribution in [3.63, 3.8) is 0 Å². The van der Waals surface area contributed by atoms with Gasteiger partial charge in [0.2, 0.25) is 0 Å². The lowest BCUT2D eigenvalue weighted by molar-refractivity contribution is 1.16. The molecular formula is C6H6ClS. The largest absolute Gasteiger partial charge is 0.143 e. The van der Waals surface area contributed by atoms with E-state index in [0.717, 1.165) is 6.42 Å². The highest BCUT2D eigenvalue weighted by atomic mass is 35.5. The number of hydrogen-bond donors (Lipinski definition) is 0. The monoisotopic (exact) mass is 145 g/mol. The smallest absolute Gasteiger partial charge is 0.0477 e. The Hall–Kier alpha value is -0.0100. The zero-order chi connectivity index (χ0) is 5.82. The summed E-state index contributed by atoms with van der Waals surface area (Å²) in [6.45, 7) is 0. The van der Waals surface area contributed by atoms with Crippen LogP contribution >= 0.6 is 22.9 Å². The normalized spacial score (nSPS) is 9.62. The van der Waals surface area contributed by atoms with Gasteiger partial charge in [0.1, 0.15) is 0 Å². The Kier molecular flexibility index (Phi) is 2.37. The first kappa shape index (κ1) is 6.12. The summed E-state index contributed by atoms with van der Waals surface area (Å²) in [5, 5.41) is 5.11. The minimum Gasteiger partial charge on any atom is -0.143 e. The van der Waals surface area contributed by atoms with Crippen molar-refractivity contribution in [3.05, 3.63) is 22.4 Å². The molecule has 1 aromatic heterocycles. The number of alkyl halides is 1. The second kappa shape index (κ2) is 3.10. The molecule has 0 bridgehead atoms. The third-order valence-corrected chi connectivity index (χ3v) is 1.73. The zero-order valence-electron chi connectivity index (χ0n) is 4.36. The maximum Gasteiger partial charge on any atom is 0.0477 e. The Balaban J connectivity index is 2.50. The molecule has 1 rings (SSSR count). The summed E-state index contributed by atoms with van der Waals surface area (Å²) in [6.07, 6.45) is 0.949. The van der Waals surface area contributed by atoms with Crippen LogP contribution in [0.25, 0.3) is 0 Å². The highest BCUT2D eigenvalue weighted by Gasteiger charge is 1.88. The average Bonchev–Trinajstić information content (AvgIpc) is 2.19. The van der Waals surface area contributed by atoms with Gasteiger partial charge in [0.25, 0.3) is 0 Å². The van der Waals surface area contributed by atoms with Gasteiger partial charge in [0.05, 0.1) is 0 Å². The van der Waals surface area contributed by atoms with Gasteiger partial charge in [-0.15, -0.1) is 22.9 Å². The predicted molar refractivity (Wildman–Crippen MR) is 37.6 cm³/mol. The van der Waals surface area contributed by atoms with Crippen molar-refractivity contribution in [2.24, 2.45) is 0 Å². The van der Waals surface area contributed by atoms with Crippen LogP contribution in [0.15, 0.2) is 11.4 Å². The molecule has 0 unspecified atom stereocenters. The van der Waals surface area contributed by atoms with Crippen LogP contribution in [0.4, 0.5) is 0 Å². The van der Waals surface area contributed by atoms with Gasteiger partial charge in [-0.25, -0.2) is 0 Å². The number of rotatable bonds is 2. The summed E-state index contributed by atoms with van der Waals surface area (Å²) in [6, 6.07) is 2.05. The van der Waals surface area contributed by atoms with E-state index in [1.54, 1.807) is 11.3 Å². The van der Waals surface area contributed by atoms with Gasteiger partial charge in [-0.2, -0.15) is 0 Å².